The molecule has 118 valence electrons. The van der Waals surface area contributed by atoms with Crippen molar-refractivity contribution >= 4 is 23.1 Å². The van der Waals surface area contributed by atoms with Crippen molar-refractivity contribution in [3.05, 3.63) is 46.4 Å². The van der Waals surface area contributed by atoms with Gasteiger partial charge < -0.3 is 15.4 Å². The SMILES string of the molecule is CC(C)(C)OC(=O)NCc1cccc(NCc2nccs2)c1. The van der Waals surface area contributed by atoms with Gasteiger partial charge in [0.25, 0.3) is 0 Å². The summed E-state index contributed by atoms with van der Waals surface area (Å²) in [4.78, 5) is 15.9. The largest absolute Gasteiger partial charge is 0.444 e. The smallest absolute Gasteiger partial charge is 0.407 e. The molecule has 0 atom stereocenters. The van der Waals surface area contributed by atoms with Crippen molar-refractivity contribution < 1.29 is 9.53 Å². The Kier molecular flexibility index (Phi) is 5.38. The Balaban J connectivity index is 1.84. The molecular weight excluding hydrogens is 298 g/mol. The van der Waals surface area contributed by atoms with E-state index >= 15 is 0 Å². The number of carbonyl (C=O) groups is 1. The van der Waals surface area contributed by atoms with Crippen LogP contribution in [0.25, 0.3) is 0 Å². The van der Waals surface area contributed by atoms with Crippen LogP contribution in [0.3, 0.4) is 0 Å². The van der Waals surface area contributed by atoms with Crippen molar-refractivity contribution in [2.45, 2.75) is 39.5 Å². The van der Waals surface area contributed by atoms with Crippen LogP contribution in [0, 0.1) is 0 Å². The second-order valence-corrected chi connectivity index (χ2v) is 6.81. The number of nitrogens with zero attached hydrogens (tertiary/aromatic N) is 1. The zero-order valence-electron chi connectivity index (χ0n) is 13.1. The molecule has 0 radical (unpaired) electrons. The second-order valence-electron chi connectivity index (χ2n) is 5.84. The number of nitrogens with one attached hydrogen (secondary N) is 2. The lowest BCUT2D eigenvalue weighted by Crippen LogP contribution is -2.32. The predicted octanol–water partition coefficient (Wildman–Crippen LogP) is 3.78. The molecule has 2 aromatic rings. The Hall–Kier alpha value is -2.08. The average molecular weight is 319 g/mol. The van der Waals surface area contributed by atoms with Gasteiger partial charge in [0, 0.05) is 23.8 Å². The van der Waals surface area contributed by atoms with Crippen molar-refractivity contribution in [2.75, 3.05) is 5.32 Å². The van der Waals surface area contributed by atoms with Gasteiger partial charge in [0.15, 0.2) is 0 Å². The van der Waals surface area contributed by atoms with E-state index in [0.29, 0.717) is 13.1 Å². The summed E-state index contributed by atoms with van der Waals surface area (Å²) >= 11 is 1.62. The van der Waals surface area contributed by atoms with Crippen LogP contribution >= 0.6 is 11.3 Å². The van der Waals surface area contributed by atoms with E-state index in [1.165, 1.54) is 0 Å². The van der Waals surface area contributed by atoms with Gasteiger partial charge in [-0.15, -0.1) is 11.3 Å². The van der Waals surface area contributed by atoms with Gasteiger partial charge >= 0.3 is 6.09 Å². The summed E-state index contributed by atoms with van der Waals surface area (Å²) in [5.74, 6) is 0. The molecule has 2 rings (SSSR count). The Labute approximate surface area is 134 Å². The Morgan fingerprint density at radius 1 is 1.32 bits per heavy atom. The maximum absolute atomic E-state index is 11.6. The van der Waals surface area contributed by atoms with Crippen molar-refractivity contribution in [2.24, 2.45) is 0 Å². The fraction of sp³-hybridized carbons (Fsp3) is 0.375. The zero-order valence-corrected chi connectivity index (χ0v) is 13.9. The third-order valence-electron chi connectivity index (χ3n) is 2.69. The van der Waals surface area contributed by atoms with E-state index in [2.05, 4.69) is 15.6 Å². The number of alkyl carbamates (subject to hydrolysis) is 1. The fourth-order valence-electron chi connectivity index (χ4n) is 1.80. The highest BCUT2D eigenvalue weighted by Crippen LogP contribution is 2.13. The minimum atomic E-state index is -0.485. The highest BCUT2D eigenvalue weighted by molar-refractivity contribution is 7.09. The van der Waals surface area contributed by atoms with Gasteiger partial charge in [-0.2, -0.15) is 0 Å². The lowest BCUT2D eigenvalue weighted by Gasteiger charge is -2.19. The highest BCUT2D eigenvalue weighted by atomic mass is 32.1. The quantitative estimate of drug-likeness (QED) is 0.880. The van der Waals surface area contributed by atoms with Gasteiger partial charge in [-0.05, 0) is 38.5 Å². The number of carbonyl (C=O) groups excluding carboxylic acids is 1. The Bertz CT molecular complexity index is 606. The van der Waals surface area contributed by atoms with E-state index in [9.17, 15) is 4.79 Å². The van der Waals surface area contributed by atoms with Gasteiger partial charge in [0.05, 0.1) is 6.54 Å². The number of hydrogen-bond acceptors (Lipinski definition) is 5. The first kappa shape index (κ1) is 16.3. The van der Waals surface area contributed by atoms with Gasteiger partial charge in [-0.25, -0.2) is 9.78 Å². The molecular formula is C16H21N3O2S. The first-order chi connectivity index (χ1) is 10.4. The molecule has 0 saturated carbocycles. The summed E-state index contributed by atoms with van der Waals surface area (Å²) in [5, 5.41) is 9.07. The number of aromatic nitrogens is 1. The molecule has 1 heterocycles. The monoisotopic (exact) mass is 319 g/mol. The van der Waals surface area contributed by atoms with E-state index in [-0.39, 0.29) is 0 Å². The standard InChI is InChI=1S/C16H21N3O2S/c1-16(2,3)21-15(20)19-10-12-5-4-6-13(9-12)18-11-14-17-7-8-22-14/h4-9,18H,10-11H2,1-3H3,(H,19,20). The molecule has 1 aromatic heterocycles. The average Bonchev–Trinajstić information content (AvgIpc) is 2.95. The van der Waals surface area contributed by atoms with Crippen LogP contribution < -0.4 is 10.6 Å². The van der Waals surface area contributed by atoms with Gasteiger partial charge in [-0.1, -0.05) is 12.1 Å². The summed E-state index contributed by atoms with van der Waals surface area (Å²) in [6.07, 6.45) is 1.39. The van der Waals surface area contributed by atoms with Crippen molar-refractivity contribution in [1.29, 1.82) is 0 Å². The zero-order chi connectivity index (χ0) is 16.0. The topological polar surface area (TPSA) is 63.2 Å². The number of rotatable bonds is 5. The van der Waals surface area contributed by atoms with Crippen LogP contribution in [0.5, 0.6) is 0 Å². The summed E-state index contributed by atoms with van der Waals surface area (Å²) < 4.78 is 5.21. The van der Waals surface area contributed by atoms with Crippen LogP contribution in [-0.4, -0.2) is 16.7 Å². The second kappa shape index (κ2) is 7.26. The Morgan fingerprint density at radius 2 is 2.14 bits per heavy atom. The van der Waals surface area contributed by atoms with Crippen LogP contribution in [-0.2, 0) is 17.8 Å². The fourth-order valence-corrected chi connectivity index (χ4v) is 2.35. The van der Waals surface area contributed by atoms with Crippen molar-refractivity contribution in [3.63, 3.8) is 0 Å². The van der Waals surface area contributed by atoms with Crippen LogP contribution in [0.2, 0.25) is 0 Å². The number of anilines is 1. The molecule has 0 aliphatic carbocycles. The normalized spacial score (nSPS) is 11.0. The molecule has 0 aliphatic rings. The molecule has 2 N–H and O–H groups in total. The van der Waals surface area contributed by atoms with Gasteiger partial charge in [0.2, 0.25) is 0 Å². The van der Waals surface area contributed by atoms with E-state index in [0.717, 1.165) is 16.3 Å². The van der Waals surface area contributed by atoms with Crippen molar-refractivity contribution in [1.82, 2.24) is 10.3 Å². The molecule has 1 aromatic carbocycles. The number of amides is 1. The molecule has 6 heteroatoms. The van der Waals surface area contributed by atoms with Crippen LogP contribution in [0.1, 0.15) is 31.3 Å². The summed E-state index contributed by atoms with van der Waals surface area (Å²) in [6.45, 7) is 6.66. The highest BCUT2D eigenvalue weighted by Gasteiger charge is 2.15. The van der Waals surface area contributed by atoms with E-state index in [4.69, 9.17) is 4.74 Å². The van der Waals surface area contributed by atoms with Gasteiger partial charge in [0.1, 0.15) is 10.6 Å². The molecule has 0 unspecified atom stereocenters. The third kappa shape index (κ3) is 5.73. The lowest BCUT2D eigenvalue weighted by atomic mass is 10.2. The number of thiazole rings is 1. The van der Waals surface area contributed by atoms with E-state index in [1.54, 1.807) is 17.5 Å². The number of ether oxygens (including phenoxy) is 1. The Morgan fingerprint density at radius 3 is 2.82 bits per heavy atom. The molecule has 1 amide bonds. The first-order valence-electron chi connectivity index (χ1n) is 7.10. The molecule has 0 saturated heterocycles. The predicted molar refractivity (Wildman–Crippen MR) is 89.0 cm³/mol. The van der Waals surface area contributed by atoms with E-state index < -0.39 is 11.7 Å². The molecule has 0 aliphatic heterocycles. The number of hydrogen-bond donors (Lipinski definition) is 2. The summed E-state index contributed by atoms with van der Waals surface area (Å²) in [6, 6.07) is 7.91. The minimum Gasteiger partial charge on any atom is -0.444 e. The van der Waals surface area contributed by atoms with Gasteiger partial charge in [-0.3, -0.25) is 0 Å². The van der Waals surface area contributed by atoms with Crippen molar-refractivity contribution in [3.8, 4) is 0 Å². The third-order valence-corrected chi connectivity index (χ3v) is 3.47. The number of benzene rings is 1. The molecule has 0 fully saturated rings. The first-order valence-corrected chi connectivity index (χ1v) is 7.98. The molecule has 22 heavy (non-hydrogen) atoms. The molecule has 0 bridgehead atoms. The maximum Gasteiger partial charge on any atom is 0.407 e. The minimum absolute atomic E-state index is 0.409. The maximum atomic E-state index is 11.6. The van der Waals surface area contributed by atoms with E-state index in [1.807, 2.05) is 50.4 Å². The molecule has 5 nitrogen and oxygen atoms in total. The van der Waals surface area contributed by atoms with Crippen LogP contribution in [0.15, 0.2) is 35.8 Å². The lowest BCUT2D eigenvalue weighted by molar-refractivity contribution is 0.0523. The van der Waals surface area contributed by atoms with Crippen LogP contribution in [0.4, 0.5) is 10.5 Å². The summed E-state index contributed by atoms with van der Waals surface area (Å²) in [5.41, 5.74) is 1.52. The molecule has 0 spiro atoms. The summed E-state index contributed by atoms with van der Waals surface area (Å²) in [7, 11) is 0.